The summed E-state index contributed by atoms with van der Waals surface area (Å²) in [5.74, 6) is 2.20. The van der Waals surface area contributed by atoms with Gasteiger partial charge in [0, 0.05) is 29.7 Å². The van der Waals surface area contributed by atoms with E-state index in [1.807, 2.05) is 12.1 Å². The molecule has 176 valence electrons. The van der Waals surface area contributed by atoms with Crippen LogP contribution in [0.5, 0.6) is 28.7 Å². The minimum absolute atomic E-state index is 0.165. The lowest BCUT2D eigenvalue weighted by Gasteiger charge is -2.15. The molecule has 4 rings (SSSR count). The van der Waals surface area contributed by atoms with Crippen LogP contribution < -0.4 is 34.3 Å². The predicted octanol–water partition coefficient (Wildman–Crippen LogP) is 3.23. The summed E-state index contributed by atoms with van der Waals surface area (Å²) < 4.78 is 26.8. The molecule has 3 aromatic rings. The number of nitrogens with one attached hydrogen (secondary N) is 2. The van der Waals surface area contributed by atoms with E-state index in [9.17, 15) is 4.79 Å². The van der Waals surface area contributed by atoms with E-state index in [2.05, 4.69) is 20.6 Å². The van der Waals surface area contributed by atoms with Gasteiger partial charge in [-0.1, -0.05) is 6.07 Å². The van der Waals surface area contributed by atoms with Crippen molar-refractivity contribution in [3.05, 3.63) is 66.0 Å². The van der Waals surface area contributed by atoms with Crippen LogP contribution in [0.3, 0.4) is 0 Å². The van der Waals surface area contributed by atoms with Crippen LogP contribution in [-0.2, 0) is 6.54 Å². The molecule has 1 aromatic heterocycles. The number of anilines is 1. The maximum absolute atomic E-state index is 13.1. The molecule has 10 heteroatoms. The van der Waals surface area contributed by atoms with Gasteiger partial charge in [0.15, 0.2) is 23.0 Å². The average molecular weight is 464 g/mol. The van der Waals surface area contributed by atoms with E-state index >= 15 is 0 Å². The lowest BCUT2D eigenvalue weighted by Crippen LogP contribution is -2.36. The van der Waals surface area contributed by atoms with Gasteiger partial charge in [0.25, 0.3) is 5.91 Å². The SMILES string of the molecule is COc1cc(C(=O)NC(=NCc2cccnc2)Nc2ccc3c(c2)OCO3)cc(OC)c1OC. The topological polar surface area (TPSA) is 113 Å². The van der Waals surface area contributed by atoms with E-state index in [1.54, 1.807) is 42.7 Å². The highest BCUT2D eigenvalue weighted by Crippen LogP contribution is 2.38. The highest BCUT2D eigenvalue weighted by molar-refractivity contribution is 6.10. The summed E-state index contributed by atoms with van der Waals surface area (Å²) >= 11 is 0. The van der Waals surface area contributed by atoms with Crippen LogP contribution in [0.4, 0.5) is 5.69 Å². The van der Waals surface area contributed by atoms with Gasteiger partial charge in [-0.25, -0.2) is 4.99 Å². The number of fused-ring (bicyclic) bond motifs is 1. The van der Waals surface area contributed by atoms with Crippen LogP contribution >= 0.6 is 0 Å². The van der Waals surface area contributed by atoms with E-state index in [0.717, 1.165) is 5.56 Å². The molecule has 2 heterocycles. The zero-order valence-corrected chi connectivity index (χ0v) is 19.0. The minimum atomic E-state index is -0.419. The zero-order chi connectivity index (χ0) is 23.9. The number of pyridine rings is 1. The number of rotatable bonds is 7. The molecule has 0 fully saturated rings. The van der Waals surface area contributed by atoms with E-state index in [0.29, 0.717) is 46.5 Å². The molecule has 0 atom stereocenters. The van der Waals surface area contributed by atoms with Gasteiger partial charge in [-0.15, -0.1) is 0 Å². The highest BCUT2D eigenvalue weighted by atomic mass is 16.7. The van der Waals surface area contributed by atoms with Gasteiger partial charge in [-0.05, 0) is 35.9 Å². The van der Waals surface area contributed by atoms with E-state index < -0.39 is 5.91 Å². The van der Waals surface area contributed by atoms with Crippen LogP contribution in [-0.4, -0.2) is 45.0 Å². The van der Waals surface area contributed by atoms with Crippen molar-refractivity contribution in [2.45, 2.75) is 6.54 Å². The monoisotopic (exact) mass is 464 g/mol. The van der Waals surface area contributed by atoms with Crippen LogP contribution in [0.25, 0.3) is 0 Å². The van der Waals surface area contributed by atoms with E-state index in [1.165, 1.54) is 21.3 Å². The molecule has 0 saturated heterocycles. The maximum atomic E-state index is 13.1. The number of aliphatic imine (C=N–C) groups is 1. The number of amides is 1. The number of methoxy groups -OCH3 is 3. The number of carbonyl (C=O) groups excluding carboxylic acids is 1. The van der Waals surface area contributed by atoms with Crippen LogP contribution in [0.2, 0.25) is 0 Å². The molecular formula is C24H24N4O6. The van der Waals surface area contributed by atoms with Crippen molar-refractivity contribution in [1.29, 1.82) is 0 Å². The second kappa shape index (κ2) is 10.4. The van der Waals surface area contributed by atoms with Crippen LogP contribution in [0.1, 0.15) is 15.9 Å². The Kier molecular flexibility index (Phi) is 6.97. The van der Waals surface area contributed by atoms with Crippen molar-refractivity contribution < 1.29 is 28.5 Å². The summed E-state index contributed by atoms with van der Waals surface area (Å²) in [6.45, 7) is 0.467. The van der Waals surface area contributed by atoms with Crippen molar-refractivity contribution in [2.24, 2.45) is 4.99 Å². The number of ether oxygens (including phenoxy) is 5. The average Bonchev–Trinajstić information content (AvgIpc) is 3.34. The highest BCUT2D eigenvalue weighted by Gasteiger charge is 2.19. The van der Waals surface area contributed by atoms with E-state index in [4.69, 9.17) is 23.7 Å². The Bertz CT molecular complexity index is 1170. The van der Waals surface area contributed by atoms with Crippen molar-refractivity contribution in [3.8, 4) is 28.7 Å². The number of hydrogen-bond acceptors (Lipinski definition) is 8. The molecule has 0 unspecified atom stereocenters. The number of aromatic nitrogens is 1. The first-order valence-corrected chi connectivity index (χ1v) is 10.3. The maximum Gasteiger partial charge on any atom is 0.258 e. The number of carbonyl (C=O) groups is 1. The first kappa shape index (κ1) is 22.7. The molecule has 10 nitrogen and oxygen atoms in total. The Morgan fingerprint density at radius 1 is 1.03 bits per heavy atom. The second-order valence-corrected chi connectivity index (χ2v) is 7.09. The van der Waals surface area contributed by atoms with Crippen LogP contribution in [0, 0.1) is 0 Å². The number of benzene rings is 2. The quantitative estimate of drug-likeness (QED) is 0.405. The zero-order valence-electron chi connectivity index (χ0n) is 19.0. The first-order chi connectivity index (χ1) is 16.6. The standard InChI is InChI=1S/C24H24N4O6/c1-30-20-9-16(10-21(31-2)22(20)32-3)23(29)28-24(26-13-15-5-4-8-25-12-15)27-17-6-7-18-19(11-17)34-14-33-18/h4-12H,13-14H2,1-3H3,(H2,26,27,28,29). The number of nitrogens with zero attached hydrogens (tertiary/aromatic N) is 2. The summed E-state index contributed by atoms with van der Waals surface area (Å²) in [4.78, 5) is 21.8. The van der Waals surface area contributed by atoms with Gasteiger partial charge >= 0.3 is 0 Å². The molecule has 0 bridgehead atoms. The summed E-state index contributed by atoms with van der Waals surface area (Å²) in [6, 6.07) is 12.2. The predicted molar refractivity (Wildman–Crippen MR) is 125 cm³/mol. The molecule has 1 aliphatic rings. The fourth-order valence-electron chi connectivity index (χ4n) is 3.28. The summed E-state index contributed by atoms with van der Waals surface area (Å²) in [5.41, 5.74) is 1.85. The summed E-state index contributed by atoms with van der Waals surface area (Å²) in [6.07, 6.45) is 3.40. The van der Waals surface area contributed by atoms with Gasteiger partial charge in [-0.3, -0.25) is 15.1 Å². The van der Waals surface area contributed by atoms with Crippen LogP contribution in [0.15, 0.2) is 59.9 Å². The number of guanidine groups is 1. The summed E-state index contributed by atoms with van der Waals surface area (Å²) in [7, 11) is 4.47. The van der Waals surface area contributed by atoms with Crippen molar-refractivity contribution in [3.63, 3.8) is 0 Å². The third kappa shape index (κ3) is 5.12. The van der Waals surface area contributed by atoms with Gasteiger partial charge in [0.1, 0.15) is 0 Å². The second-order valence-electron chi connectivity index (χ2n) is 7.09. The third-order valence-electron chi connectivity index (χ3n) is 4.94. The van der Waals surface area contributed by atoms with Gasteiger partial charge < -0.3 is 29.0 Å². The molecule has 1 aliphatic heterocycles. The normalized spacial score (nSPS) is 12.1. The molecule has 2 aromatic carbocycles. The lowest BCUT2D eigenvalue weighted by atomic mass is 10.1. The Hall–Kier alpha value is -4.47. The smallest absolute Gasteiger partial charge is 0.258 e. The molecule has 0 radical (unpaired) electrons. The Labute approximate surface area is 196 Å². The van der Waals surface area contributed by atoms with Crippen molar-refractivity contribution in [2.75, 3.05) is 33.4 Å². The fourth-order valence-corrected chi connectivity index (χ4v) is 3.28. The van der Waals surface area contributed by atoms with Gasteiger partial charge in [0.05, 0.1) is 27.9 Å². The largest absolute Gasteiger partial charge is 0.493 e. The lowest BCUT2D eigenvalue weighted by molar-refractivity contribution is 0.0976. The van der Waals surface area contributed by atoms with Crippen molar-refractivity contribution >= 4 is 17.6 Å². The first-order valence-electron chi connectivity index (χ1n) is 10.3. The third-order valence-corrected chi connectivity index (χ3v) is 4.94. The molecule has 0 saturated carbocycles. The molecular weight excluding hydrogens is 440 g/mol. The molecule has 2 N–H and O–H groups in total. The molecule has 34 heavy (non-hydrogen) atoms. The minimum Gasteiger partial charge on any atom is -0.493 e. The Morgan fingerprint density at radius 3 is 2.47 bits per heavy atom. The van der Waals surface area contributed by atoms with Gasteiger partial charge in [0.2, 0.25) is 18.5 Å². The molecule has 0 spiro atoms. The summed E-state index contributed by atoms with van der Waals surface area (Å²) in [5, 5.41) is 5.95. The van der Waals surface area contributed by atoms with Crippen molar-refractivity contribution in [1.82, 2.24) is 10.3 Å². The number of hydrogen-bond donors (Lipinski definition) is 2. The fraction of sp³-hybridized carbons (Fsp3) is 0.208. The van der Waals surface area contributed by atoms with Gasteiger partial charge in [-0.2, -0.15) is 0 Å². The Morgan fingerprint density at radius 2 is 1.79 bits per heavy atom. The van der Waals surface area contributed by atoms with E-state index in [-0.39, 0.29) is 12.8 Å². The Balaban J connectivity index is 1.60. The molecule has 1 amide bonds. The molecule has 0 aliphatic carbocycles.